The topological polar surface area (TPSA) is 52.9 Å². The third-order valence-corrected chi connectivity index (χ3v) is 2.75. The van der Waals surface area contributed by atoms with Gasteiger partial charge in [0.05, 0.1) is 5.54 Å². The van der Waals surface area contributed by atoms with Gasteiger partial charge in [-0.05, 0) is 34.1 Å². The molecule has 1 N–H and O–H groups in total. The monoisotopic (exact) mass is 172 g/mol. The molecule has 0 aromatic carbocycles. The van der Waals surface area contributed by atoms with Crippen molar-refractivity contribution in [3.8, 4) is 0 Å². The Morgan fingerprint density at radius 2 is 1.92 bits per heavy atom. The second kappa shape index (κ2) is 2.50. The fraction of sp³-hybridized carbons (Fsp3) is 1.00. The normalized spacial score (nSPS) is 33.6. The van der Waals surface area contributed by atoms with Gasteiger partial charge in [0.2, 0.25) is 0 Å². The van der Waals surface area contributed by atoms with E-state index in [0.29, 0.717) is 6.42 Å². The number of hydrogen-bond acceptors (Lipinski definition) is 4. The molecule has 0 aromatic rings. The molecule has 12 heavy (non-hydrogen) atoms. The highest BCUT2D eigenvalue weighted by molar-refractivity contribution is 5.05. The highest BCUT2D eigenvalue weighted by Crippen LogP contribution is 2.40. The van der Waals surface area contributed by atoms with E-state index in [9.17, 15) is 10.1 Å². The van der Waals surface area contributed by atoms with Crippen molar-refractivity contribution < 1.29 is 5.21 Å². The maximum atomic E-state index is 10.5. The fourth-order valence-electron chi connectivity index (χ4n) is 1.90. The third kappa shape index (κ3) is 1.15. The van der Waals surface area contributed by atoms with Gasteiger partial charge >= 0.3 is 0 Å². The van der Waals surface area contributed by atoms with Gasteiger partial charge in [-0.3, -0.25) is 0 Å². The molecule has 1 fully saturated rings. The molecule has 0 spiro atoms. The van der Waals surface area contributed by atoms with Gasteiger partial charge in [0.1, 0.15) is 6.04 Å². The van der Waals surface area contributed by atoms with Crippen LogP contribution < -0.4 is 0 Å². The largest absolute Gasteiger partial charge is 0.313 e. The van der Waals surface area contributed by atoms with Crippen LogP contribution in [0, 0.1) is 4.91 Å². The summed E-state index contributed by atoms with van der Waals surface area (Å²) in [6.07, 6.45) is 0.611. The Kier molecular flexibility index (Phi) is 2.00. The van der Waals surface area contributed by atoms with Gasteiger partial charge in [-0.25, -0.2) is 0 Å². The average molecular weight is 172 g/mol. The van der Waals surface area contributed by atoms with Crippen molar-refractivity contribution >= 4 is 0 Å². The van der Waals surface area contributed by atoms with Crippen molar-refractivity contribution in [1.82, 2.24) is 5.06 Å². The summed E-state index contributed by atoms with van der Waals surface area (Å²) >= 11 is 0. The summed E-state index contributed by atoms with van der Waals surface area (Å²) in [5.41, 5.74) is -0.882. The smallest absolute Gasteiger partial charge is 0.114 e. The van der Waals surface area contributed by atoms with Gasteiger partial charge in [0.25, 0.3) is 0 Å². The van der Waals surface area contributed by atoms with Crippen LogP contribution in [0.4, 0.5) is 0 Å². The first kappa shape index (κ1) is 9.61. The first-order valence-corrected chi connectivity index (χ1v) is 4.14. The fourth-order valence-corrected chi connectivity index (χ4v) is 1.90. The van der Waals surface area contributed by atoms with Gasteiger partial charge in [0.15, 0.2) is 0 Å². The van der Waals surface area contributed by atoms with Crippen LogP contribution in [0.1, 0.15) is 34.1 Å². The molecular formula is C8H16N2O2. The second-order valence-corrected chi connectivity index (χ2v) is 4.60. The van der Waals surface area contributed by atoms with Gasteiger partial charge in [-0.1, -0.05) is 5.18 Å². The Morgan fingerprint density at radius 3 is 2.08 bits per heavy atom. The van der Waals surface area contributed by atoms with Crippen molar-refractivity contribution in [3.05, 3.63) is 4.91 Å². The van der Waals surface area contributed by atoms with Crippen molar-refractivity contribution in [2.45, 2.75) is 51.2 Å². The molecule has 0 bridgehead atoms. The molecule has 70 valence electrons. The first-order valence-electron chi connectivity index (χ1n) is 4.14. The molecular weight excluding hydrogens is 156 g/mol. The molecule has 1 saturated heterocycles. The summed E-state index contributed by atoms with van der Waals surface area (Å²) in [5.74, 6) is 0. The number of nitrogens with zero attached hydrogens (tertiary/aromatic N) is 2. The average Bonchev–Trinajstić information content (AvgIpc) is 2.11. The van der Waals surface area contributed by atoms with E-state index in [1.54, 1.807) is 0 Å². The summed E-state index contributed by atoms with van der Waals surface area (Å²) in [4.78, 5) is 10.5. The van der Waals surface area contributed by atoms with Crippen LogP contribution >= 0.6 is 0 Å². The van der Waals surface area contributed by atoms with Crippen molar-refractivity contribution in [2.75, 3.05) is 0 Å². The van der Waals surface area contributed by atoms with Crippen molar-refractivity contribution in [1.29, 1.82) is 0 Å². The second-order valence-electron chi connectivity index (χ2n) is 4.60. The lowest BCUT2D eigenvalue weighted by molar-refractivity contribution is -0.193. The molecule has 1 aliphatic heterocycles. The molecule has 1 unspecified atom stereocenters. The lowest BCUT2D eigenvalue weighted by atomic mass is 9.95. The zero-order valence-electron chi connectivity index (χ0n) is 8.03. The Labute approximate surface area is 72.5 Å². The Hall–Kier alpha value is -0.480. The van der Waals surface area contributed by atoms with Gasteiger partial charge in [-0.2, -0.15) is 9.97 Å². The maximum absolute atomic E-state index is 10.5. The lowest BCUT2D eigenvalue weighted by Gasteiger charge is -2.34. The van der Waals surface area contributed by atoms with E-state index in [4.69, 9.17) is 0 Å². The number of nitroso groups, excluding NO2 is 1. The third-order valence-electron chi connectivity index (χ3n) is 2.75. The molecule has 0 amide bonds. The van der Waals surface area contributed by atoms with Gasteiger partial charge in [0, 0.05) is 5.54 Å². The summed E-state index contributed by atoms with van der Waals surface area (Å²) in [5, 5.41) is 14.0. The van der Waals surface area contributed by atoms with Crippen LogP contribution in [0.3, 0.4) is 0 Å². The van der Waals surface area contributed by atoms with Crippen LogP contribution in [0.15, 0.2) is 5.18 Å². The maximum Gasteiger partial charge on any atom is 0.114 e. The molecule has 1 rings (SSSR count). The van der Waals surface area contributed by atoms with Crippen LogP contribution in [0.25, 0.3) is 0 Å². The summed E-state index contributed by atoms with van der Waals surface area (Å²) < 4.78 is 0. The summed E-state index contributed by atoms with van der Waals surface area (Å²) in [7, 11) is 0. The van der Waals surface area contributed by atoms with Gasteiger partial charge < -0.3 is 5.21 Å². The van der Waals surface area contributed by atoms with E-state index in [2.05, 4.69) is 5.18 Å². The summed E-state index contributed by atoms with van der Waals surface area (Å²) in [6.45, 7) is 7.46. The first-order chi connectivity index (χ1) is 5.32. The Morgan fingerprint density at radius 1 is 1.42 bits per heavy atom. The van der Waals surface area contributed by atoms with Crippen LogP contribution in [0.2, 0.25) is 0 Å². The van der Waals surface area contributed by atoms with E-state index in [1.165, 1.54) is 5.06 Å². The predicted octanol–water partition coefficient (Wildman–Crippen LogP) is 1.77. The summed E-state index contributed by atoms with van der Waals surface area (Å²) in [6, 6.07) is -0.322. The molecule has 0 aromatic heterocycles. The van der Waals surface area contributed by atoms with Gasteiger partial charge in [-0.15, -0.1) is 0 Å². The number of hydrogen-bond donors (Lipinski definition) is 1. The zero-order valence-corrected chi connectivity index (χ0v) is 8.03. The molecule has 1 heterocycles. The molecule has 0 aliphatic carbocycles. The molecule has 1 atom stereocenters. The molecule has 1 aliphatic rings. The van der Waals surface area contributed by atoms with Crippen molar-refractivity contribution in [3.63, 3.8) is 0 Å². The standard InChI is InChI=1S/C8H16N2O2/c1-7(2)5-6(9-11)8(3,4)10(7)12/h6,12H,5H2,1-4H3. The SMILES string of the molecule is CC1(C)CC(N=O)C(C)(C)N1O. The predicted molar refractivity (Wildman–Crippen MR) is 46.0 cm³/mol. The molecule has 0 radical (unpaired) electrons. The van der Waals surface area contributed by atoms with Crippen LogP contribution in [-0.4, -0.2) is 27.4 Å². The Balaban J connectivity index is 2.95. The van der Waals surface area contributed by atoms with E-state index >= 15 is 0 Å². The molecule has 4 nitrogen and oxygen atoms in total. The minimum Gasteiger partial charge on any atom is -0.313 e. The minimum absolute atomic E-state index is 0.322. The quantitative estimate of drug-likeness (QED) is 0.613. The number of rotatable bonds is 1. The zero-order chi connectivity index (χ0) is 9.57. The molecule has 0 saturated carbocycles. The van der Waals surface area contributed by atoms with Crippen molar-refractivity contribution in [2.24, 2.45) is 5.18 Å². The highest BCUT2D eigenvalue weighted by Gasteiger charge is 2.52. The minimum atomic E-state index is -0.536. The van der Waals surface area contributed by atoms with E-state index in [1.807, 2.05) is 27.7 Å². The lowest BCUT2D eigenvalue weighted by Crippen LogP contribution is -2.48. The van der Waals surface area contributed by atoms with Crippen LogP contribution in [-0.2, 0) is 0 Å². The van der Waals surface area contributed by atoms with E-state index in [-0.39, 0.29) is 11.6 Å². The highest BCUT2D eigenvalue weighted by atomic mass is 16.5. The molecule has 4 heteroatoms. The number of hydroxylamine groups is 2. The van der Waals surface area contributed by atoms with Crippen LogP contribution in [0.5, 0.6) is 0 Å². The Bertz CT molecular complexity index is 201. The van der Waals surface area contributed by atoms with E-state index < -0.39 is 5.54 Å². The van der Waals surface area contributed by atoms with E-state index in [0.717, 1.165) is 0 Å².